The van der Waals surface area contributed by atoms with Gasteiger partial charge in [0.2, 0.25) is 11.8 Å². The van der Waals surface area contributed by atoms with Crippen LogP contribution in [-0.2, 0) is 25.5 Å². The lowest BCUT2D eigenvalue weighted by Gasteiger charge is -2.23. The van der Waals surface area contributed by atoms with Crippen molar-refractivity contribution in [2.45, 2.75) is 43.5 Å². The van der Waals surface area contributed by atoms with Crippen molar-refractivity contribution in [2.24, 2.45) is 0 Å². The molecule has 2 rings (SSSR count). The number of hydrogen-bond acceptors (Lipinski definition) is 6. The summed E-state index contributed by atoms with van der Waals surface area (Å²) in [6.07, 6.45) is 3.55. The van der Waals surface area contributed by atoms with Crippen LogP contribution in [0.2, 0.25) is 0 Å². The normalized spacial score (nSPS) is 17.8. The summed E-state index contributed by atoms with van der Waals surface area (Å²) in [4.78, 5) is 36.4. The molecule has 0 bridgehead atoms. The lowest BCUT2D eigenvalue weighted by molar-refractivity contribution is -0.145. The van der Waals surface area contributed by atoms with Crippen LogP contribution in [0, 0.1) is 0 Å². The number of amides is 2. The van der Waals surface area contributed by atoms with Crippen LogP contribution >= 0.6 is 11.8 Å². The molecule has 1 aromatic carbocycles. The molecule has 8 heteroatoms. The predicted octanol–water partition coefficient (Wildman–Crippen LogP) is 1.51. The number of carbonyl (C=O) groups is 3. The number of allylic oxidation sites excluding steroid dienone is 1. The van der Waals surface area contributed by atoms with Gasteiger partial charge in [0.1, 0.15) is 17.8 Å². The van der Waals surface area contributed by atoms with Gasteiger partial charge in [0.05, 0.1) is 7.11 Å². The van der Waals surface area contributed by atoms with E-state index in [2.05, 4.69) is 10.6 Å². The summed E-state index contributed by atoms with van der Waals surface area (Å²) >= 11 is 1.62. The molecule has 0 fully saturated rings. The quantitative estimate of drug-likeness (QED) is 0.579. The first-order chi connectivity index (χ1) is 12.9. The van der Waals surface area contributed by atoms with Gasteiger partial charge in [-0.3, -0.25) is 9.59 Å². The summed E-state index contributed by atoms with van der Waals surface area (Å²) in [5.41, 5.74) is 0.759. The van der Waals surface area contributed by atoms with E-state index in [1.807, 2.05) is 11.5 Å². The van der Waals surface area contributed by atoms with Gasteiger partial charge in [-0.25, -0.2) is 4.79 Å². The topological polar surface area (TPSA) is 105 Å². The molecule has 7 nitrogen and oxygen atoms in total. The van der Waals surface area contributed by atoms with Gasteiger partial charge in [0.25, 0.3) is 0 Å². The largest absolute Gasteiger partial charge is 0.508 e. The van der Waals surface area contributed by atoms with Gasteiger partial charge >= 0.3 is 5.97 Å². The van der Waals surface area contributed by atoms with E-state index in [1.165, 1.54) is 26.2 Å². The molecule has 0 spiro atoms. The van der Waals surface area contributed by atoms with Crippen LogP contribution in [-0.4, -0.2) is 47.3 Å². The minimum absolute atomic E-state index is 0.116. The third kappa shape index (κ3) is 6.63. The van der Waals surface area contributed by atoms with Crippen LogP contribution in [0.4, 0.5) is 0 Å². The van der Waals surface area contributed by atoms with Crippen molar-refractivity contribution < 1.29 is 24.2 Å². The molecule has 1 aliphatic rings. The third-order valence-electron chi connectivity index (χ3n) is 4.14. The highest BCUT2D eigenvalue weighted by Crippen LogP contribution is 2.27. The second-order valence-corrected chi connectivity index (χ2v) is 7.52. The molecule has 2 amide bonds. The molecule has 3 N–H and O–H groups in total. The minimum Gasteiger partial charge on any atom is -0.508 e. The molecule has 1 aromatic rings. The van der Waals surface area contributed by atoms with Crippen LogP contribution in [0.15, 0.2) is 35.7 Å². The van der Waals surface area contributed by atoms with Gasteiger partial charge in [0.15, 0.2) is 0 Å². The minimum atomic E-state index is -0.891. The molecule has 27 heavy (non-hydrogen) atoms. The summed E-state index contributed by atoms with van der Waals surface area (Å²) < 4.78 is 4.80. The van der Waals surface area contributed by atoms with Crippen LogP contribution < -0.4 is 10.6 Å². The van der Waals surface area contributed by atoms with E-state index in [4.69, 9.17) is 4.74 Å². The number of carbonyl (C=O) groups excluding carboxylic acids is 3. The van der Waals surface area contributed by atoms with Crippen molar-refractivity contribution in [3.05, 3.63) is 41.3 Å². The molecule has 1 heterocycles. The number of phenolic OH excluding ortho intramolecular Hbond substituents is 1. The summed E-state index contributed by atoms with van der Waals surface area (Å²) in [7, 11) is 1.25. The highest BCUT2D eigenvalue weighted by atomic mass is 32.2. The maximum Gasteiger partial charge on any atom is 0.328 e. The first-order valence-electron chi connectivity index (χ1n) is 8.62. The van der Waals surface area contributed by atoms with Gasteiger partial charge in [-0.05, 0) is 35.9 Å². The number of rotatable bonds is 8. The molecule has 0 aromatic heterocycles. The van der Waals surface area contributed by atoms with Crippen molar-refractivity contribution in [3.8, 4) is 5.75 Å². The Kier molecular flexibility index (Phi) is 7.72. The van der Waals surface area contributed by atoms with Crippen LogP contribution in [0.5, 0.6) is 5.75 Å². The fourth-order valence-corrected chi connectivity index (χ4v) is 3.77. The standard InChI is InChI=1S/C19H24N2O5S/c1-12(22)20-16(11-15-4-3-9-27-15)18(24)21-17(19(25)26-2)10-13-5-7-14(23)8-6-13/h3,5-9,15-17,23H,4,10-11H2,1-2H3,(H,20,22)(H,21,24)/t15?,16-,17-/m0/s1. The zero-order valence-electron chi connectivity index (χ0n) is 15.3. The summed E-state index contributed by atoms with van der Waals surface area (Å²) in [5, 5.41) is 16.9. The lowest BCUT2D eigenvalue weighted by atomic mass is 10.0. The summed E-state index contributed by atoms with van der Waals surface area (Å²) in [6.45, 7) is 1.36. The SMILES string of the molecule is COC(=O)[C@H](Cc1ccc(O)cc1)NC(=O)[C@H](CC1CC=CS1)NC(C)=O. The molecule has 3 atom stereocenters. The van der Waals surface area contributed by atoms with E-state index >= 15 is 0 Å². The Bertz CT molecular complexity index is 697. The van der Waals surface area contributed by atoms with Crippen molar-refractivity contribution in [1.82, 2.24) is 10.6 Å². The Labute approximate surface area is 162 Å². The molecule has 146 valence electrons. The molecule has 1 unspecified atom stereocenters. The van der Waals surface area contributed by atoms with Crippen LogP contribution in [0.3, 0.4) is 0 Å². The Balaban J connectivity index is 2.07. The van der Waals surface area contributed by atoms with Gasteiger partial charge in [-0.15, -0.1) is 11.8 Å². The average Bonchev–Trinajstić information content (AvgIpc) is 3.14. The monoisotopic (exact) mass is 392 g/mol. The third-order valence-corrected chi connectivity index (χ3v) is 5.26. The van der Waals surface area contributed by atoms with Crippen molar-refractivity contribution >= 4 is 29.5 Å². The zero-order valence-corrected chi connectivity index (χ0v) is 16.1. The van der Waals surface area contributed by atoms with E-state index in [0.29, 0.717) is 6.42 Å². The smallest absolute Gasteiger partial charge is 0.328 e. The summed E-state index contributed by atoms with van der Waals surface area (Å²) in [6, 6.07) is 4.74. The number of methoxy groups -OCH3 is 1. The first kappa shape index (κ1) is 20.8. The zero-order chi connectivity index (χ0) is 19.8. The predicted molar refractivity (Wildman–Crippen MR) is 103 cm³/mol. The maximum atomic E-state index is 12.7. The number of esters is 1. The summed E-state index contributed by atoms with van der Waals surface area (Å²) in [5.74, 6) is -1.19. The van der Waals surface area contributed by atoms with E-state index in [-0.39, 0.29) is 23.3 Å². The number of nitrogens with one attached hydrogen (secondary N) is 2. The Morgan fingerprint density at radius 1 is 1.22 bits per heavy atom. The second kappa shape index (κ2) is 10.0. The highest BCUT2D eigenvalue weighted by Gasteiger charge is 2.29. The van der Waals surface area contributed by atoms with Gasteiger partial charge in [-0.2, -0.15) is 0 Å². The first-order valence-corrected chi connectivity index (χ1v) is 9.57. The van der Waals surface area contributed by atoms with Crippen LogP contribution in [0.25, 0.3) is 0 Å². The maximum absolute atomic E-state index is 12.7. The molecular formula is C19H24N2O5S. The van der Waals surface area contributed by atoms with Crippen molar-refractivity contribution in [1.29, 1.82) is 0 Å². The van der Waals surface area contributed by atoms with Gasteiger partial charge in [-0.1, -0.05) is 18.2 Å². The van der Waals surface area contributed by atoms with E-state index in [9.17, 15) is 19.5 Å². The number of hydrogen-bond donors (Lipinski definition) is 3. The second-order valence-electron chi connectivity index (χ2n) is 6.31. The molecule has 1 aliphatic heterocycles. The average molecular weight is 392 g/mol. The van der Waals surface area contributed by atoms with Gasteiger partial charge < -0.3 is 20.5 Å². The van der Waals surface area contributed by atoms with E-state index in [1.54, 1.807) is 23.9 Å². The number of benzene rings is 1. The number of ether oxygens (including phenoxy) is 1. The number of aromatic hydroxyl groups is 1. The molecule has 0 saturated carbocycles. The van der Waals surface area contributed by atoms with Crippen molar-refractivity contribution in [3.63, 3.8) is 0 Å². The van der Waals surface area contributed by atoms with E-state index < -0.39 is 24.0 Å². The molecule has 0 saturated heterocycles. The Morgan fingerprint density at radius 2 is 1.93 bits per heavy atom. The lowest BCUT2D eigenvalue weighted by Crippen LogP contribution is -2.52. The fraction of sp³-hybridized carbons (Fsp3) is 0.421. The van der Waals surface area contributed by atoms with Crippen LogP contribution in [0.1, 0.15) is 25.3 Å². The molecule has 0 aliphatic carbocycles. The number of thioether (sulfide) groups is 1. The fourth-order valence-electron chi connectivity index (χ4n) is 2.80. The number of phenols is 1. The molecular weight excluding hydrogens is 368 g/mol. The highest BCUT2D eigenvalue weighted by molar-refractivity contribution is 8.03. The Hall–Kier alpha value is -2.48. The van der Waals surface area contributed by atoms with Crippen molar-refractivity contribution in [2.75, 3.05) is 7.11 Å². The Morgan fingerprint density at radius 3 is 2.48 bits per heavy atom. The molecule has 0 radical (unpaired) electrons. The van der Waals surface area contributed by atoms with Gasteiger partial charge in [0, 0.05) is 18.6 Å². The van der Waals surface area contributed by atoms with E-state index in [0.717, 1.165) is 12.0 Å².